The quantitative estimate of drug-likeness (QED) is 0.873. The van der Waals surface area contributed by atoms with Gasteiger partial charge in [-0.25, -0.2) is 0 Å². The van der Waals surface area contributed by atoms with Crippen LogP contribution >= 0.6 is 11.6 Å². The Kier molecular flexibility index (Phi) is 4.95. The van der Waals surface area contributed by atoms with E-state index in [1.54, 1.807) is 11.7 Å². The summed E-state index contributed by atoms with van der Waals surface area (Å²) in [6, 6.07) is -0.00316. The van der Waals surface area contributed by atoms with Gasteiger partial charge in [0.2, 0.25) is 0 Å². The van der Waals surface area contributed by atoms with E-state index in [2.05, 4.69) is 5.10 Å². The number of halogens is 1. The molecule has 2 unspecified atom stereocenters. The molecule has 2 atom stereocenters. The minimum Gasteiger partial charge on any atom is -0.327 e. The molecule has 0 bridgehead atoms. The Bertz CT molecular complexity index is 392. The van der Waals surface area contributed by atoms with Crippen LogP contribution in [0.5, 0.6) is 0 Å². The van der Waals surface area contributed by atoms with E-state index < -0.39 is 10.8 Å². The van der Waals surface area contributed by atoms with Gasteiger partial charge in [-0.2, -0.15) is 5.10 Å². The van der Waals surface area contributed by atoms with Crippen LogP contribution in [0.2, 0.25) is 5.15 Å². The number of hydrogen-bond acceptors (Lipinski definition) is 3. The van der Waals surface area contributed by atoms with E-state index in [0.717, 1.165) is 17.7 Å². The maximum atomic E-state index is 11.8. The minimum absolute atomic E-state index is 0.00316. The summed E-state index contributed by atoms with van der Waals surface area (Å²) in [4.78, 5) is 0. The molecule has 0 saturated carbocycles. The van der Waals surface area contributed by atoms with E-state index in [-0.39, 0.29) is 6.04 Å². The van der Waals surface area contributed by atoms with E-state index >= 15 is 0 Å². The summed E-state index contributed by atoms with van der Waals surface area (Å²) in [6.07, 6.45) is 0.839. The van der Waals surface area contributed by atoms with Crippen molar-refractivity contribution < 1.29 is 4.21 Å². The van der Waals surface area contributed by atoms with Crippen LogP contribution in [0.3, 0.4) is 0 Å². The highest BCUT2D eigenvalue weighted by molar-refractivity contribution is 7.84. The maximum Gasteiger partial charge on any atom is 0.131 e. The molecule has 92 valence electrons. The van der Waals surface area contributed by atoms with Gasteiger partial charge in [-0.15, -0.1) is 0 Å². The molecule has 0 saturated heterocycles. The molecule has 0 spiro atoms. The maximum absolute atomic E-state index is 11.8. The van der Waals surface area contributed by atoms with Crippen LogP contribution in [-0.2, 0) is 23.6 Å². The van der Waals surface area contributed by atoms with Gasteiger partial charge < -0.3 is 5.73 Å². The van der Waals surface area contributed by atoms with Crippen LogP contribution in [0.15, 0.2) is 0 Å². The summed E-state index contributed by atoms with van der Waals surface area (Å²) >= 11 is 6.06. The molecule has 1 aromatic rings. The molecule has 4 nitrogen and oxygen atoms in total. The molecule has 0 aromatic carbocycles. The second-order valence-electron chi connectivity index (χ2n) is 3.90. The molecular formula is C10H18ClN3OS. The second kappa shape index (κ2) is 5.80. The highest BCUT2D eigenvalue weighted by atomic mass is 35.5. The van der Waals surface area contributed by atoms with Gasteiger partial charge in [-0.1, -0.05) is 18.5 Å². The van der Waals surface area contributed by atoms with Gasteiger partial charge in [-0.3, -0.25) is 8.89 Å². The fourth-order valence-corrected chi connectivity index (χ4v) is 3.23. The first-order chi connectivity index (χ1) is 7.45. The zero-order chi connectivity index (χ0) is 12.3. The number of rotatable bonds is 5. The number of aryl methyl sites for hydroxylation is 2. The lowest BCUT2D eigenvalue weighted by molar-refractivity contribution is 0.663. The molecule has 16 heavy (non-hydrogen) atoms. The van der Waals surface area contributed by atoms with Gasteiger partial charge >= 0.3 is 0 Å². The van der Waals surface area contributed by atoms with Crippen molar-refractivity contribution in [3.05, 3.63) is 16.4 Å². The molecule has 6 heteroatoms. The van der Waals surface area contributed by atoms with E-state index in [1.165, 1.54) is 0 Å². The minimum atomic E-state index is -0.971. The summed E-state index contributed by atoms with van der Waals surface area (Å²) in [7, 11) is 0.806. The Balaban J connectivity index is 2.70. The lowest BCUT2D eigenvalue weighted by atomic mass is 10.3. The molecule has 0 radical (unpaired) electrons. The summed E-state index contributed by atoms with van der Waals surface area (Å²) in [5.41, 5.74) is 7.47. The monoisotopic (exact) mass is 263 g/mol. The van der Waals surface area contributed by atoms with Gasteiger partial charge in [0.1, 0.15) is 5.15 Å². The number of aromatic nitrogens is 2. The summed E-state index contributed by atoms with van der Waals surface area (Å²) in [5.74, 6) is 0.952. The van der Waals surface area contributed by atoms with Gasteiger partial charge in [0.15, 0.2) is 0 Å². The van der Waals surface area contributed by atoms with E-state index in [0.29, 0.717) is 16.7 Å². The fraction of sp³-hybridized carbons (Fsp3) is 0.700. The molecule has 0 aliphatic rings. The van der Waals surface area contributed by atoms with Gasteiger partial charge in [0.25, 0.3) is 0 Å². The predicted molar refractivity (Wildman–Crippen MR) is 67.9 cm³/mol. The van der Waals surface area contributed by atoms with Crippen LogP contribution < -0.4 is 5.73 Å². The predicted octanol–water partition coefficient (Wildman–Crippen LogP) is 1.37. The topological polar surface area (TPSA) is 60.9 Å². The van der Waals surface area contributed by atoms with E-state index in [1.807, 2.05) is 13.8 Å². The molecule has 0 fully saturated rings. The van der Waals surface area contributed by atoms with Crippen molar-refractivity contribution in [3.63, 3.8) is 0 Å². The highest BCUT2D eigenvalue weighted by Crippen LogP contribution is 2.20. The molecule has 1 rings (SSSR count). The molecule has 0 aliphatic carbocycles. The third-order valence-electron chi connectivity index (χ3n) is 2.50. The van der Waals surface area contributed by atoms with Crippen LogP contribution in [0.1, 0.15) is 24.6 Å². The Morgan fingerprint density at radius 3 is 2.69 bits per heavy atom. The zero-order valence-electron chi connectivity index (χ0n) is 9.86. The molecule has 1 aromatic heterocycles. The summed E-state index contributed by atoms with van der Waals surface area (Å²) < 4.78 is 13.4. The first-order valence-electron chi connectivity index (χ1n) is 5.24. The van der Waals surface area contributed by atoms with Crippen molar-refractivity contribution in [3.8, 4) is 0 Å². The fourth-order valence-electron chi connectivity index (χ4n) is 1.41. The van der Waals surface area contributed by atoms with Crippen molar-refractivity contribution >= 4 is 22.4 Å². The van der Waals surface area contributed by atoms with Gasteiger partial charge in [-0.05, 0) is 13.3 Å². The molecule has 0 aliphatic heterocycles. The normalized spacial score (nSPS) is 15.1. The van der Waals surface area contributed by atoms with Crippen molar-refractivity contribution in [2.75, 3.05) is 5.75 Å². The lowest BCUT2D eigenvalue weighted by Gasteiger charge is -2.08. The SMILES string of the molecule is CCC(N)CS(=O)Cc1c(C)nn(C)c1Cl. The highest BCUT2D eigenvalue weighted by Gasteiger charge is 2.15. The van der Waals surface area contributed by atoms with Crippen LogP contribution in [-0.4, -0.2) is 25.8 Å². The zero-order valence-corrected chi connectivity index (χ0v) is 11.4. The van der Waals surface area contributed by atoms with Crippen molar-refractivity contribution in [2.45, 2.75) is 32.1 Å². The van der Waals surface area contributed by atoms with Crippen molar-refractivity contribution in [1.82, 2.24) is 9.78 Å². The summed E-state index contributed by atoms with van der Waals surface area (Å²) in [6.45, 7) is 3.86. The van der Waals surface area contributed by atoms with Gasteiger partial charge in [0.05, 0.1) is 11.4 Å². The molecule has 2 N–H and O–H groups in total. The Morgan fingerprint density at radius 1 is 1.62 bits per heavy atom. The Labute approximate surface area is 104 Å². The second-order valence-corrected chi connectivity index (χ2v) is 5.76. The standard InChI is InChI=1S/C10H18ClN3OS/c1-4-8(12)5-16(15)6-9-7(2)13-14(3)10(9)11/h8H,4-6,12H2,1-3H3. The third-order valence-corrected chi connectivity index (χ3v) is 4.38. The van der Waals surface area contributed by atoms with E-state index in [4.69, 9.17) is 17.3 Å². The largest absolute Gasteiger partial charge is 0.327 e. The smallest absolute Gasteiger partial charge is 0.131 e. The Hall–Kier alpha value is -0.390. The average molecular weight is 264 g/mol. The molecule has 1 heterocycles. The van der Waals surface area contributed by atoms with Crippen molar-refractivity contribution in [1.29, 1.82) is 0 Å². The number of nitrogens with zero attached hydrogens (tertiary/aromatic N) is 2. The first kappa shape index (κ1) is 13.7. The average Bonchev–Trinajstić information content (AvgIpc) is 2.45. The van der Waals surface area contributed by atoms with Gasteiger partial charge in [0, 0.05) is 35.2 Å². The summed E-state index contributed by atoms with van der Waals surface area (Å²) in [5, 5.41) is 4.75. The van der Waals surface area contributed by atoms with Crippen molar-refractivity contribution in [2.24, 2.45) is 12.8 Å². The number of hydrogen-bond donors (Lipinski definition) is 1. The third kappa shape index (κ3) is 3.30. The van der Waals surface area contributed by atoms with E-state index in [9.17, 15) is 4.21 Å². The number of nitrogens with two attached hydrogens (primary N) is 1. The van der Waals surface area contributed by atoms with Crippen LogP contribution in [0, 0.1) is 6.92 Å². The van der Waals surface area contributed by atoms with Crippen LogP contribution in [0.4, 0.5) is 0 Å². The first-order valence-corrected chi connectivity index (χ1v) is 7.10. The molecule has 0 amide bonds. The molecular weight excluding hydrogens is 246 g/mol. The Morgan fingerprint density at radius 2 is 2.25 bits per heavy atom. The lowest BCUT2D eigenvalue weighted by Crippen LogP contribution is -2.26. The van der Waals surface area contributed by atoms with Crippen LogP contribution in [0.25, 0.3) is 0 Å².